The van der Waals surface area contributed by atoms with Gasteiger partial charge in [0.25, 0.3) is 0 Å². The molecule has 0 aliphatic rings. The lowest BCUT2D eigenvalue weighted by atomic mass is 10.2. The highest BCUT2D eigenvalue weighted by Gasteiger charge is 2.06. The van der Waals surface area contributed by atoms with Crippen LogP contribution in [0.4, 0.5) is 5.69 Å². The lowest BCUT2D eigenvalue weighted by Crippen LogP contribution is -2.12. The fourth-order valence-electron chi connectivity index (χ4n) is 2.22. The Hall–Kier alpha value is -2.27. The molecule has 0 aliphatic carbocycles. The van der Waals surface area contributed by atoms with Crippen LogP contribution in [0.3, 0.4) is 0 Å². The monoisotopic (exact) mass is 311 g/mol. The second-order valence-electron chi connectivity index (χ2n) is 5.23. The van der Waals surface area contributed by atoms with E-state index in [1.807, 2.05) is 43.5 Å². The molecule has 3 rings (SSSR count). The minimum absolute atomic E-state index is 0.0181. The fraction of sp³-hybridized carbons (Fsp3) is 0.235. The van der Waals surface area contributed by atoms with Crippen molar-refractivity contribution in [1.82, 2.24) is 9.97 Å². The molecule has 3 aromatic rings. The topological polar surface area (TPSA) is 54.9 Å². The number of hydrogen-bond acceptors (Lipinski definition) is 4. The number of aryl methyl sites for hydroxylation is 3. The van der Waals surface area contributed by atoms with Gasteiger partial charge in [-0.2, -0.15) is 0 Å². The van der Waals surface area contributed by atoms with Crippen molar-refractivity contribution in [2.75, 3.05) is 5.32 Å². The molecule has 1 aromatic carbocycles. The van der Waals surface area contributed by atoms with Gasteiger partial charge >= 0.3 is 0 Å². The maximum atomic E-state index is 12.0. The van der Waals surface area contributed by atoms with E-state index in [4.69, 9.17) is 0 Å². The van der Waals surface area contributed by atoms with E-state index in [9.17, 15) is 4.79 Å². The van der Waals surface area contributed by atoms with Crippen LogP contribution >= 0.6 is 11.3 Å². The number of carbonyl (C=O) groups is 1. The Kier molecular flexibility index (Phi) is 4.15. The number of aromatic nitrogens is 2. The predicted octanol–water partition coefficient (Wildman–Crippen LogP) is 3.88. The molecule has 5 heteroatoms. The van der Waals surface area contributed by atoms with Gasteiger partial charge in [-0.25, -0.2) is 9.97 Å². The van der Waals surface area contributed by atoms with Gasteiger partial charge in [0.05, 0.1) is 22.4 Å². The summed E-state index contributed by atoms with van der Waals surface area (Å²) in [6.07, 6.45) is 1.26. The molecule has 0 unspecified atom stereocenters. The largest absolute Gasteiger partial charge is 0.326 e. The molecule has 2 aromatic heterocycles. The standard InChI is InChI=1S/C17H17N3OS/c1-11-12(2)19-16-10-13(5-7-15(16)18-11)20-17(21)8-6-14-4-3-9-22-14/h3-5,7,9-10H,6,8H2,1-2H3,(H,20,21). The molecular formula is C17H17N3OS. The van der Waals surface area contributed by atoms with Gasteiger partial charge in [-0.15, -0.1) is 11.3 Å². The van der Waals surface area contributed by atoms with Crippen molar-refractivity contribution in [2.24, 2.45) is 0 Å². The smallest absolute Gasteiger partial charge is 0.224 e. The quantitative estimate of drug-likeness (QED) is 0.795. The maximum absolute atomic E-state index is 12.0. The first-order chi connectivity index (χ1) is 10.6. The fourth-order valence-corrected chi connectivity index (χ4v) is 2.93. The van der Waals surface area contributed by atoms with Crippen LogP contribution in [0.15, 0.2) is 35.7 Å². The maximum Gasteiger partial charge on any atom is 0.224 e. The Bertz CT molecular complexity index is 812. The summed E-state index contributed by atoms with van der Waals surface area (Å²) < 4.78 is 0. The summed E-state index contributed by atoms with van der Waals surface area (Å²) in [5.41, 5.74) is 4.26. The summed E-state index contributed by atoms with van der Waals surface area (Å²) in [6, 6.07) is 9.69. The van der Waals surface area contributed by atoms with Crippen molar-refractivity contribution in [1.29, 1.82) is 0 Å². The second kappa shape index (κ2) is 6.23. The molecule has 0 saturated carbocycles. The normalized spacial score (nSPS) is 10.8. The molecule has 0 spiro atoms. The summed E-state index contributed by atoms with van der Waals surface area (Å²) in [6.45, 7) is 3.89. The van der Waals surface area contributed by atoms with E-state index >= 15 is 0 Å². The number of nitrogens with one attached hydrogen (secondary N) is 1. The lowest BCUT2D eigenvalue weighted by molar-refractivity contribution is -0.116. The van der Waals surface area contributed by atoms with Crippen molar-refractivity contribution < 1.29 is 4.79 Å². The second-order valence-corrected chi connectivity index (χ2v) is 6.26. The van der Waals surface area contributed by atoms with Crippen LogP contribution in [0.2, 0.25) is 0 Å². The average Bonchev–Trinajstić information content (AvgIpc) is 3.00. The van der Waals surface area contributed by atoms with Crippen molar-refractivity contribution in [3.05, 3.63) is 52.0 Å². The predicted molar refractivity (Wildman–Crippen MR) is 90.3 cm³/mol. The van der Waals surface area contributed by atoms with Crippen LogP contribution in [-0.4, -0.2) is 15.9 Å². The molecule has 0 radical (unpaired) electrons. The first kappa shape index (κ1) is 14.7. The Morgan fingerprint density at radius 2 is 1.91 bits per heavy atom. The summed E-state index contributed by atoms with van der Waals surface area (Å²) in [7, 11) is 0. The van der Waals surface area contributed by atoms with Gasteiger partial charge in [0.2, 0.25) is 5.91 Å². The highest BCUT2D eigenvalue weighted by atomic mass is 32.1. The number of fused-ring (bicyclic) bond motifs is 1. The molecule has 112 valence electrons. The van der Waals surface area contributed by atoms with Gasteiger partial charge in [-0.1, -0.05) is 6.07 Å². The Labute approximate surface area is 133 Å². The first-order valence-electron chi connectivity index (χ1n) is 7.19. The van der Waals surface area contributed by atoms with Crippen molar-refractivity contribution in [3.8, 4) is 0 Å². The third-order valence-corrected chi connectivity index (χ3v) is 4.47. The lowest BCUT2D eigenvalue weighted by Gasteiger charge is -2.07. The molecule has 2 heterocycles. The number of rotatable bonds is 4. The van der Waals surface area contributed by atoms with E-state index in [1.165, 1.54) is 4.88 Å². The van der Waals surface area contributed by atoms with Crippen LogP contribution in [0.25, 0.3) is 11.0 Å². The Morgan fingerprint density at radius 3 is 2.64 bits per heavy atom. The average molecular weight is 311 g/mol. The van der Waals surface area contributed by atoms with Crippen LogP contribution in [0.1, 0.15) is 22.7 Å². The van der Waals surface area contributed by atoms with E-state index in [0.717, 1.165) is 34.5 Å². The Balaban J connectivity index is 1.70. The van der Waals surface area contributed by atoms with Crippen molar-refractivity contribution in [3.63, 3.8) is 0 Å². The van der Waals surface area contributed by atoms with E-state index in [2.05, 4.69) is 21.4 Å². The molecule has 1 amide bonds. The third-order valence-electron chi connectivity index (χ3n) is 3.54. The highest BCUT2D eigenvalue weighted by molar-refractivity contribution is 7.09. The zero-order valence-electron chi connectivity index (χ0n) is 12.6. The molecule has 0 aliphatic heterocycles. The minimum Gasteiger partial charge on any atom is -0.326 e. The van der Waals surface area contributed by atoms with Crippen molar-refractivity contribution in [2.45, 2.75) is 26.7 Å². The van der Waals surface area contributed by atoms with E-state index in [-0.39, 0.29) is 5.91 Å². The summed E-state index contributed by atoms with van der Waals surface area (Å²) in [5.74, 6) is 0.0181. The molecule has 0 atom stereocenters. The van der Waals surface area contributed by atoms with E-state index in [0.29, 0.717) is 6.42 Å². The van der Waals surface area contributed by atoms with E-state index in [1.54, 1.807) is 11.3 Å². The number of amides is 1. The number of nitrogens with zero attached hydrogens (tertiary/aromatic N) is 2. The Morgan fingerprint density at radius 1 is 1.14 bits per heavy atom. The molecular weight excluding hydrogens is 294 g/mol. The first-order valence-corrected chi connectivity index (χ1v) is 8.07. The van der Waals surface area contributed by atoms with Crippen LogP contribution in [0.5, 0.6) is 0 Å². The van der Waals surface area contributed by atoms with Gasteiger partial charge in [-0.3, -0.25) is 4.79 Å². The van der Waals surface area contributed by atoms with Crippen LogP contribution < -0.4 is 5.32 Å². The molecule has 0 fully saturated rings. The zero-order chi connectivity index (χ0) is 15.5. The van der Waals surface area contributed by atoms with Crippen molar-refractivity contribution >= 4 is 34.0 Å². The zero-order valence-corrected chi connectivity index (χ0v) is 13.4. The van der Waals surface area contributed by atoms with Gasteiger partial charge in [0.15, 0.2) is 0 Å². The highest BCUT2D eigenvalue weighted by Crippen LogP contribution is 2.18. The number of anilines is 1. The molecule has 0 saturated heterocycles. The summed E-state index contributed by atoms with van der Waals surface area (Å²) in [5, 5.41) is 4.96. The summed E-state index contributed by atoms with van der Waals surface area (Å²) in [4.78, 5) is 22.3. The molecule has 4 nitrogen and oxygen atoms in total. The SMILES string of the molecule is Cc1nc2ccc(NC(=O)CCc3cccs3)cc2nc1C. The molecule has 0 bridgehead atoms. The number of thiophene rings is 1. The summed E-state index contributed by atoms with van der Waals surface area (Å²) >= 11 is 1.68. The number of benzene rings is 1. The molecule has 22 heavy (non-hydrogen) atoms. The van der Waals surface area contributed by atoms with Gasteiger partial charge < -0.3 is 5.32 Å². The molecule has 1 N–H and O–H groups in total. The van der Waals surface area contributed by atoms with Gasteiger partial charge in [-0.05, 0) is 49.9 Å². The van der Waals surface area contributed by atoms with Crippen LogP contribution in [0, 0.1) is 13.8 Å². The third kappa shape index (κ3) is 3.31. The number of carbonyl (C=O) groups excluding carboxylic acids is 1. The van der Waals surface area contributed by atoms with E-state index < -0.39 is 0 Å². The van der Waals surface area contributed by atoms with Gasteiger partial charge in [0, 0.05) is 17.0 Å². The van der Waals surface area contributed by atoms with Crippen LogP contribution in [-0.2, 0) is 11.2 Å². The number of hydrogen-bond donors (Lipinski definition) is 1. The van der Waals surface area contributed by atoms with Gasteiger partial charge in [0.1, 0.15) is 0 Å². The minimum atomic E-state index is 0.0181.